The molecule has 0 atom stereocenters. The third kappa shape index (κ3) is 5.93. The molecule has 0 saturated heterocycles. The minimum Gasteiger partial charge on any atom is -0.271 e. The van der Waals surface area contributed by atoms with E-state index in [1.807, 2.05) is 19.9 Å². The molecule has 1 amide bonds. The Hall–Kier alpha value is -2.87. The fourth-order valence-corrected chi connectivity index (χ4v) is 5.17. The average molecular weight is 504 g/mol. The first kappa shape index (κ1) is 24.8. The first-order valence-corrected chi connectivity index (χ1v) is 12.2. The van der Waals surface area contributed by atoms with Crippen molar-refractivity contribution in [1.82, 2.24) is 5.43 Å². The number of hydrazone groups is 1. The summed E-state index contributed by atoms with van der Waals surface area (Å²) in [6.07, 6.45) is 1.32. The third-order valence-electron chi connectivity index (χ3n) is 4.90. The van der Waals surface area contributed by atoms with Crippen LogP contribution >= 0.6 is 23.2 Å². The normalized spacial score (nSPS) is 11.5. The van der Waals surface area contributed by atoms with E-state index in [4.69, 9.17) is 23.2 Å². The number of nitrogens with one attached hydrogen (secondary N) is 1. The van der Waals surface area contributed by atoms with Gasteiger partial charge in [0.15, 0.2) is 0 Å². The van der Waals surface area contributed by atoms with Crippen molar-refractivity contribution in [2.75, 3.05) is 10.8 Å². The molecule has 0 bridgehead atoms. The number of anilines is 1. The molecule has 0 fully saturated rings. The molecule has 0 aliphatic heterocycles. The van der Waals surface area contributed by atoms with E-state index in [-0.39, 0.29) is 4.90 Å². The number of aryl methyl sites for hydroxylation is 3. The van der Waals surface area contributed by atoms with Gasteiger partial charge in [-0.3, -0.25) is 9.10 Å². The monoisotopic (exact) mass is 503 g/mol. The number of hydrogen-bond acceptors (Lipinski definition) is 4. The molecule has 1 N–H and O–H groups in total. The van der Waals surface area contributed by atoms with Crippen LogP contribution in [0.1, 0.15) is 22.3 Å². The summed E-state index contributed by atoms with van der Waals surface area (Å²) in [5, 5.41) is 4.65. The lowest BCUT2D eigenvalue weighted by Crippen LogP contribution is -2.40. The van der Waals surface area contributed by atoms with Gasteiger partial charge in [-0.15, -0.1) is 0 Å². The molecule has 3 rings (SSSR count). The van der Waals surface area contributed by atoms with Gasteiger partial charge in [-0.2, -0.15) is 5.10 Å². The van der Waals surface area contributed by atoms with Crippen LogP contribution in [0.25, 0.3) is 0 Å². The van der Waals surface area contributed by atoms with Crippen LogP contribution in [0.4, 0.5) is 5.69 Å². The number of sulfonamides is 1. The fraction of sp³-hybridized carbons (Fsp3) is 0.167. The number of benzene rings is 3. The van der Waals surface area contributed by atoms with E-state index in [0.29, 0.717) is 21.3 Å². The molecule has 0 aliphatic carbocycles. The number of rotatable bonds is 7. The van der Waals surface area contributed by atoms with Crippen LogP contribution in [0, 0.1) is 20.8 Å². The Bertz CT molecular complexity index is 1290. The summed E-state index contributed by atoms with van der Waals surface area (Å²) in [7, 11) is -4.01. The predicted molar refractivity (Wildman–Crippen MR) is 134 cm³/mol. The highest BCUT2D eigenvalue weighted by atomic mass is 35.5. The molecule has 6 nitrogen and oxygen atoms in total. The van der Waals surface area contributed by atoms with Crippen molar-refractivity contribution in [3.63, 3.8) is 0 Å². The summed E-state index contributed by atoms with van der Waals surface area (Å²) in [5.41, 5.74) is 5.85. The molecule has 0 radical (unpaired) electrons. The van der Waals surface area contributed by atoms with Crippen LogP contribution in [-0.2, 0) is 14.8 Å². The largest absolute Gasteiger partial charge is 0.271 e. The molecule has 0 heterocycles. The van der Waals surface area contributed by atoms with Gasteiger partial charge < -0.3 is 0 Å². The van der Waals surface area contributed by atoms with Crippen LogP contribution in [0.2, 0.25) is 10.0 Å². The Balaban J connectivity index is 1.90. The Kier molecular flexibility index (Phi) is 7.79. The van der Waals surface area contributed by atoms with Crippen molar-refractivity contribution < 1.29 is 13.2 Å². The van der Waals surface area contributed by atoms with Crippen molar-refractivity contribution in [3.8, 4) is 0 Å². The van der Waals surface area contributed by atoms with Gasteiger partial charge in [0.05, 0.1) is 26.8 Å². The first-order chi connectivity index (χ1) is 15.6. The quantitative estimate of drug-likeness (QED) is 0.352. The summed E-state index contributed by atoms with van der Waals surface area (Å²) in [5.74, 6) is -0.620. The second kappa shape index (κ2) is 10.4. The second-order valence-electron chi connectivity index (χ2n) is 7.54. The van der Waals surface area contributed by atoms with Crippen LogP contribution in [0.5, 0.6) is 0 Å². The van der Waals surface area contributed by atoms with E-state index in [2.05, 4.69) is 10.5 Å². The standard InChI is InChI=1S/C24H23Cl2N3O3S/c1-16-7-10-19(11-8-16)33(31,32)29(23-12-9-17(2)13-18(23)3)15-24(30)28-27-14-20-21(25)5-4-6-22(20)26/h4-14H,15H2,1-3H3,(H,28,30)/b27-14-. The van der Waals surface area contributed by atoms with E-state index < -0.39 is 22.5 Å². The van der Waals surface area contributed by atoms with Gasteiger partial charge in [0.1, 0.15) is 6.54 Å². The summed E-state index contributed by atoms with van der Waals surface area (Å²) in [4.78, 5) is 12.8. The van der Waals surface area contributed by atoms with Crippen LogP contribution in [0.3, 0.4) is 0 Å². The summed E-state index contributed by atoms with van der Waals surface area (Å²) in [6.45, 7) is 5.12. The van der Waals surface area contributed by atoms with E-state index >= 15 is 0 Å². The van der Waals surface area contributed by atoms with Gasteiger partial charge in [0, 0.05) is 5.56 Å². The Labute approximate surface area is 203 Å². The van der Waals surface area contributed by atoms with Crippen LogP contribution in [-0.4, -0.2) is 27.1 Å². The van der Waals surface area contributed by atoms with Crippen LogP contribution < -0.4 is 9.73 Å². The zero-order valence-electron chi connectivity index (χ0n) is 18.3. The molecule has 3 aromatic carbocycles. The first-order valence-electron chi connectivity index (χ1n) is 10.0. The number of carbonyl (C=O) groups is 1. The van der Waals surface area contributed by atoms with Gasteiger partial charge >= 0.3 is 0 Å². The van der Waals surface area contributed by atoms with E-state index in [9.17, 15) is 13.2 Å². The number of halogens is 2. The average Bonchev–Trinajstić information content (AvgIpc) is 2.75. The minimum atomic E-state index is -4.01. The van der Waals surface area contributed by atoms with Gasteiger partial charge in [-0.25, -0.2) is 13.8 Å². The highest BCUT2D eigenvalue weighted by Crippen LogP contribution is 2.28. The lowest BCUT2D eigenvalue weighted by atomic mass is 10.1. The number of amides is 1. The van der Waals surface area contributed by atoms with Crippen molar-refractivity contribution in [2.24, 2.45) is 5.10 Å². The van der Waals surface area contributed by atoms with Gasteiger partial charge in [-0.05, 0) is 56.7 Å². The van der Waals surface area contributed by atoms with Gasteiger partial charge in [-0.1, -0.05) is 64.7 Å². The van der Waals surface area contributed by atoms with Crippen molar-refractivity contribution >= 4 is 51.0 Å². The Morgan fingerprint density at radius 3 is 2.18 bits per heavy atom. The molecule has 172 valence electrons. The van der Waals surface area contributed by atoms with Crippen molar-refractivity contribution in [1.29, 1.82) is 0 Å². The van der Waals surface area contributed by atoms with E-state index in [0.717, 1.165) is 21.0 Å². The molecule has 0 saturated carbocycles. The molecule has 0 unspecified atom stereocenters. The SMILES string of the molecule is Cc1ccc(S(=O)(=O)N(CC(=O)N/N=C\c2c(Cl)cccc2Cl)c2ccc(C)cc2C)cc1. The number of nitrogens with zero attached hydrogens (tertiary/aromatic N) is 2. The highest BCUT2D eigenvalue weighted by molar-refractivity contribution is 7.92. The number of hydrogen-bond donors (Lipinski definition) is 1. The second-order valence-corrected chi connectivity index (χ2v) is 10.2. The zero-order chi connectivity index (χ0) is 24.2. The molecule has 3 aromatic rings. The molecular formula is C24H23Cl2N3O3S. The summed E-state index contributed by atoms with van der Waals surface area (Å²) < 4.78 is 28.0. The number of carbonyl (C=O) groups excluding carboxylic acids is 1. The van der Waals surface area contributed by atoms with Crippen molar-refractivity contribution in [2.45, 2.75) is 25.7 Å². The minimum absolute atomic E-state index is 0.0900. The van der Waals surface area contributed by atoms with Crippen molar-refractivity contribution in [3.05, 3.63) is 93.0 Å². The van der Waals surface area contributed by atoms with Gasteiger partial charge in [0.2, 0.25) is 0 Å². The van der Waals surface area contributed by atoms with Crippen LogP contribution in [0.15, 0.2) is 70.7 Å². The highest BCUT2D eigenvalue weighted by Gasteiger charge is 2.28. The smallest absolute Gasteiger partial charge is 0.264 e. The maximum absolute atomic E-state index is 13.5. The lowest BCUT2D eigenvalue weighted by Gasteiger charge is -2.25. The zero-order valence-corrected chi connectivity index (χ0v) is 20.7. The molecule has 0 aromatic heterocycles. The molecule has 0 aliphatic rings. The topological polar surface area (TPSA) is 78.8 Å². The van der Waals surface area contributed by atoms with E-state index in [1.54, 1.807) is 49.4 Å². The van der Waals surface area contributed by atoms with Gasteiger partial charge in [0.25, 0.3) is 15.9 Å². The lowest BCUT2D eigenvalue weighted by molar-refractivity contribution is -0.119. The predicted octanol–water partition coefficient (Wildman–Crippen LogP) is 5.26. The maximum Gasteiger partial charge on any atom is 0.264 e. The van der Waals surface area contributed by atoms with E-state index in [1.165, 1.54) is 18.3 Å². The molecular weight excluding hydrogens is 481 g/mol. The summed E-state index contributed by atoms with van der Waals surface area (Å²) in [6, 6.07) is 16.8. The fourth-order valence-electron chi connectivity index (χ4n) is 3.19. The Morgan fingerprint density at radius 1 is 0.970 bits per heavy atom. The third-order valence-corrected chi connectivity index (χ3v) is 7.33. The summed E-state index contributed by atoms with van der Waals surface area (Å²) >= 11 is 12.2. The molecule has 9 heteroatoms. The molecule has 0 spiro atoms. The molecule has 33 heavy (non-hydrogen) atoms. The Morgan fingerprint density at radius 2 is 1.58 bits per heavy atom. The maximum atomic E-state index is 13.5.